The Balaban J connectivity index is 1.94. The summed E-state index contributed by atoms with van der Waals surface area (Å²) >= 11 is 0. The molecule has 0 bridgehead atoms. The van der Waals surface area contributed by atoms with E-state index < -0.39 is 0 Å². The van der Waals surface area contributed by atoms with Gasteiger partial charge in [-0.1, -0.05) is 0 Å². The molecule has 0 saturated carbocycles. The lowest BCUT2D eigenvalue weighted by Gasteiger charge is -2.33. The van der Waals surface area contributed by atoms with Crippen molar-refractivity contribution in [3.05, 3.63) is 17.5 Å². The maximum Gasteiger partial charge on any atom is 0.409 e. The summed E-state index contributed by atoms with van der Waals surface area (Å²) < 4.78 is 4.64. The number of hydrogen-bond donors (Lipinski definition) is 1. The van der Waals surface area contributed by atoms with Gasteiger partial charge >= 0.3 is 6.09 Å². The molecule has 0 radical (unpaired) electrons. The van der Waals surface area contributed by atoms with E-state index in [0.717, 1.165) is 5.69 Å². The molecule has 0 aliphatic carbocycles. The summed E-state index contributed by atoms with van der Waals surface area (Å²) in [4.78, 5) is 26.6. The summed E-state index contributed by atoms with van der Waals surface area (Å²) in [6.45, 7) is 3.82. The van der Waals surface area contributed by atoms with Crippen molar-refractivity contribution in [2.75, 3.05) is 33.3 Å². The average molecular weight is 252 g/mol. The molecule has 98 valence electrons. The van der Waals surface area contributed by atoms with Gasteiger partial charge in [0, 0.05) is 31.9 Å². The number of ether oxygens (including phenoxy) is 1. The fourth-order valence-corrected chi connectivity index (χ4v) is 1.91. The molecule has 7 nitrogen and oxygen atoms in total. The normalized spacial score (nSPS) is 15.7. The lowest BCUT2D eigenvalue weighted by molar-refractivity contribution is 0.0594. The molecule has 2 rings (SSSR count). The molecule has 18 heavy (non-hydrogen) atoms. The zero-order valence-corrected chi connectivity index (χ0v) is 10.5. The summed E-state index contributed by atoms with van der Waals surface area (Å²) in [6, 6.07) is 1.72. The first-order valence-electron chi connectivity index (χ1n) is 5.76. The van der Waals surface area contributed by atoms with Crippen LogP contribution in [0.2, 0.25) is 0 Å². The van der Waals surface area contributed by atoms with Gasteiger partial charge in [0.15, 0.2) is 0 Å². The molecule has 2 heterocycles. The summed E-state index contributed by atoms with van der Waals surface area (Å²) in [6.07, 6.45) is -0.349. The van der Waals surface area contributed by atoms with Crippen LogP contribution in [0, 0.1) is 6.92 Å². The number of hydrogen-bond acceptors (Lipinski definition) is 4. The Kier molecular flexibility index (Phi) is 3.50. The van der Waals surface area contributed by atoms with Crippen LogP contribution in [-0.4, -0.2) is 65.3 Å². The van der Waals surface area contributed by atoms with Crippen molar-refractivity contribution < 1.29 is 14.3 Å². The number of aromatic nitrogens is 2. The van der Waals surface area contributed by atoms with Crippen molar-refractivity contribution in [2.45, 2.75) is 6.92 Å². The highest BCUT2D eigenvalue weighted by Gasteiger charge is 2.26. The molecule has 0 spiro atoms. The molecule has 7 heteroatoms. The third kappa shape index (κ3) is 2.44. The van der Waals surface area contributed by atoms with E-state index in [1.54, 1.807) is 15.9 Å². The van der Waals surface area contributed by atoms with Crippen LogP contribution in [0.25, 0.3) is 0 Å². The lowest BCUT2D eigenvalue weighted by Crippen LogP contribution is -2.50. The van der Waals surface area contributed by atoms with Gasteiger partial charge in [0.2, 0.25) is 0 Å². The number of aromatic amines is 1. The summed E-state index contributed by atoms with van der Waals surface area (Å²) in [7, 11) is 1.35. The van der Waals surface area contributed by atoms with E-state index in [9.17, 15) is 9.59 Å². The summed E-state index contributed by atoms with van der Waals surface area (Å²) in [5, 5.41) is 6.68. The van der Waals surface area contributed by atoms with E-state index >= 15 is 0 Å². The third-order valence-corrected chi connectivity index (χ3v) is 2.92. The number of piperazine rings is 1. The maximum atomic E-state index is 12.1. The molecule has 1 fully saturated rings. The molecule has 0 aromatic carbocycles. The number of aryl methyl sites for hydroxylation is 1. The Morgan fingerprint density at radius 1 is 1.28 bits per heavy atom. The molecule has 1 aliphatic heterocycles. The highest BCUT2D eigenvalue weighted by Crippen LogP contribution is 2.08. The topological polar surface area (TPSA) is 78.5 Å². The van der Waals surface area contributed by atoms with Crippen LogP contribution in [0.3, 0.4) is 0 Å². The van der Waals surface area contributed by atoms with E-state index in [-0.39, 0.29) is 12.0 Å². The molecule has 1 aliphatic rings. The second-order valence-electron chi connectivity index (χ2n) is 4.19. The molecule has 0 atom stereocenters. The number of methoxy groups -OCH3 is 1. The van der Waals surface area contributed by atoms with Gasteiger partial charge in [0.05, 0.1) is 7.11 Å². The third-order valence-electron chi connectivity index (χ3n) is 2.92. The fourth-order valence-electron chi connectivity index (χ4n) is 1.91. The van der Waals surface area contributed by atoms with E-state index in [1.807, 2.05) is 6.92 Å². The minimum absolute atomic E-state index is 0.108. The number of rotatable bonds is 1. The average Bonchev–Trinajstić information content (AvgIpc) is 2.84. The maximum absolute atomic E-state index is 12.1. The van der Waals surface area contributed by atoms with Gasteiger partial charge in [0.1, 0.15) is 5.69 Å². The van der Waals surface area contributed by atoms with Gasteiger partial charge in [0.25, 0.3) is 5.91 Å². The number of nitrogens with one attached hydrogen (secondary N) is 1. The van der Waals surface area contributed by atoms with Crippen molar-refractivity contribution in [3.63, 3.8) is 0 Å². The Morgan fingerprint density at radius 3 is 2.39 bits per heavy atom. The van der Waals surface area contributed by atoms with Gasteiger partial charge in [-0.15, -0.1) is 0 Å². The quantitative estimate of drug-likeness (QED) is 0.776. The molecule has 0 unspecified atom stereocenters. The Hall–Kier alpha value is -2.05. The number of carbonyl (C=O) groups excluding carboxylic acids is 2. The van der Waals surface area contributed by atoms with E-state index in [4.69, 9.17) is 0 Å². The first-order valence-corrected chi connectivity index (χ1v) is 5.76. The first-order chi connectivity index (χ1) is 8.61. The highest BCUT2D eigenvalue weighted by molar-refractivity contribution is 5.92. The number of amides is 2. The number of H-pyrrole nitrogens is 1. The molecular formula is C11H16N4O3. The molecular weight excluding hydrogens is 236 g/mol. The van der Waals surface area contributed by atoms with Gasteiger partial charge < -0.3 is 14.5 Å². The highest BCUT2D eigenvalue weighted by atomic mass is 16.5. The largest absolute Gasteiger partial charge is 0.453 e. The van der Waals surface area contributed by atoms with Gasteiger partial charge in [-0.3, -0.25) is 9.89 Å². The van der Waals surface area contributed by atoms with Gasteiger partial charge in [-0.05, 0) is 13.0 Å². The Bertz CT molecular complexity index is 449. The van der Waals surface area contributed by atoms with Gasteiger partial charge in [-0.2, -0.15) is 5.10 Å². The second-order valence-corrected chi connectivity index (χ2v) is 4.19. The number of nitrogens with zero attached hydrogens (tertiary/aromatic N) is 3. The summed E-state index contributed by atoms with van der Waals surface area (Å²) in [5.41, 5.74) is 1.27. The second kappa shape index (κ2) is 5.07. The van der Waals surface area contributed by atoms with Crippen molar-refractivity contribution in [1.29, 1.82) is 0 Å². The minimum Gasteiger partial charge on any atom is -0.453 e. The van der Waals surface area contributed by atoms with E-state index in [1.165, 1.54) is 7.11 Å². The van der Waals surface area contributed by atoms with E-state index in [0.29, 0.717) is 31.9 Å². The molecule has 1 N–H and O–H groups in total. The van der Waals surface area contributed by atoms with Crippen LogP contribution < -0.4 is 0 Å². The van der Waals surface area contributed by atoms with Crippen LogP contribution in [0.4, 0.5) is 4.79 Å². The number of carbonyl (C=O) groups is 2. The van der Waals surface area contributed by atoms with E-state index in [2.05, 4.69) is 14.9 Å². The zero-order valence-electron chi connectivity index (χ0n) is 10.5. The fraction of sp³-hybridized carbons (Fsp3) is 0.545. The van der Waals surface area contributed by atoms with Crippen LogP contribution in [-0.2, 0) is 4.74 Å². The van der Waals surface area contributed by atoms with Crippen LogP contribution in [0.1, 0.15) is 16.2 Å². The monoisotopic (exact) mass is 252 g/mol. The molecule has 2 amide bonds. The lowest BCUT2D eigenvalue weighted by atomic mass is 10.2. The Labute approximate surface area is 105 Å². The molecule has 1 aromatic heterocycles. The molecule has 1 saturated heterocycles. The molecule has 1 aromatic rings. The predicted octanol–water partition coefficient (Wildman–Crippen LogP) is 0.242. The Morgan fingerprint density at radius 2 is 1.89 bits per heavy atom. The first kappa shape index (κ1) is 12.4. The van der Waals surface area contributed by atoms with Crippen LogP contribution in [0.5, 0.6) is 0 Å². The zero-order chi connectivity index (χ0) is 13.1. The van der Waals surface area contributed by atoms with Crippen LogP contribution >= 0.6 is 0 Å². The van der Waals surface area contributed by atoms with Crippen molar-refractivity contribution in [2.24, 2.45) is 0 Å². The van der Waals surface area contributed by atoms with Crippen LogP contribution in [0.15, 0.2) is 6.07 Å². The summed E-state index contributed by atoms with van der Waals surface area (Å²) in [5.74, 6) is -0.108. The minimum atomic E-state index is -0.349. The SMILES string of the molecule is COC(=O)N1CCN(C(=O)c2cc(C)[nH]n2)CC1. The van der Waals surface area contributed by atoms with Crippen molar-refractivity contribution in [1.82, 2.24) is 20.0 Å². The smallest absolute Gasteiger partial charge is 0.409 e. The van der Waals surface area contributed by atoms with Crippen molar-refractivity contribution >= 4 is 12.0 Å². The van der Waals surface area contributed by atoms with Gasteiger partial charge in [-0.25, -0.2) is 4.79 Å². The standard InChI is InChI=1S/C11H16N4O3/c1-8-7-9(13-12-8)10(16)14-3-5-15(6-4-14)11(17)18-2/h7H,3-6H2,1-2H3,(H,12,13). The van der Waals surface area contributed by atoms with Crippen molar-refractivity contribution in [3.8, 4) is 0 Å². The predicted molar refractivity (Wildman–Crippen MR) is 63.2 cm³/mol.